The van der Waals surface area contributed by atoms with Gasteiger partial charge in [-0.2, -0.15) is 4.98 Å². The Morgan fingerprint density at radius 2 is 1.77 bits per heavy atom. The van der Waals surface area contributed by atoms with E-state index >= 15 is 0 Å². The van der Waals surface area contributed by atoms with Crippen molar-refractivity contribution in [2.75, 3.05) is 29.3 Å². The third kappa shape index (κ3) is 6.36. The first kappa shape index (κ1) is 28.6. The number of hydrogen-bond donors (Lipinski definition) is 1. The van der Waals surface area contributed by atoms with E-state index in [1.54, 1.807) is 6.20 Å². The lowest BCUT2D eigenvalue weighted by atomic mass is 10.00. The topological polar surface area (TPSA) is 96.4 Å². The number of ether oxygens (including phenoxy) is 1. The molecule has 9 nitrogen and oxygen atoms in total. The molecule has 7 rings (SSSR count). The molecule has 0 unspecified atom stereocenters. The van der Waals surface area contributed by atoms with Crippen molar-refractivity contribution < 1.29 is 9.53 Å². The second-order valence-electron chi connectivity index (χ2n) is 12.1. The lowest BCUT2D eigenvalue weighted by molar-refractivity contribution is 0.0561. The zero-order valence-corrected chi connectivity index (χ0v) is 26.0. The summed E-state index contributed by atoms with van der Waals surface area (Å²) in [6, 6.07) is 15.7. The molecule has 1 amide bonds. The van der Waals surface area contributed by atoms with E-state index in [0.717, 1.165) is 71.1 Å². The van der Waals surface area contributed by atoms with Crippen LogP contribution in [0.25, 0.3) is 11.3 Å². The molecule has 4 aromatic rings. The molecule has 1 aliphatic carbocycles. The lowest BCUT2D eigenvalue weighted by Crippen LogP contribution is -2.44. The smallest absolute Gasteiger partial charge is 0.254 e. The highest BCUT2D eigenvalue weighted by atomic mass is 32.2. The molecule has 1 saturated carbocycles. The fourth-order valence-electron chi connectivity index (χ4n) is 6.17. The van der Waals surface area contributed by atoms with Crippen LogP contribution in [0.1, 0.15) is 59.3 Å². The summed E-state index contributed by atoms with van der Waals surface area (Å²) < 4.78 is 9.78. The Bertz CT molecular complexity index is 1650. The van der Waals surface area contributed by atoms with E-state index in [0.29, 0.717) is 36.5 Å². The summed E-state index contributed by atoms with van der Waals surface area (Å²) in [6.07, 6.45) is 9.15. The van der Waals surface area contributed by atoms with Crippen LogP contribution < -0.4 is 14.4 Å². The number of hydrogen-bond acceptors (Lipinski definition) is 9. The number of carbonyl (C=O) groups is 1. The number of aromatic nitrogens is 4. The Morgan fingerprint density at radius 1 is 0.977 bits per heavy atom. The van der Waals surface area contributed by atoms with Gasteiger partial charge in [-0.25, -0.2) is 9.97 Å². The zero-order valence-electron chi connectivity index (χ0n) is 25.2. The summed E-state index contributed by atoms with van der Waals surface area (Å²) in [5.41, 5.74) is 5.56. The minimum atomic E-state index is -0.167. The van der Waals surface area contributed by atoms with Crippen LogP contribution in [-0.4, -0.2) is 56.5 Å². The van der Waals surface area contributed by atoms with Crippen molar-refractivity contribution in [3.63, 3.8) is 0 Å². The molecule has 1 N–H and O–H groups in total. The highest BCUT2D eigenvalue weighted by Gasteiger charge is 2.33. The third-order valence-electron chi connectivity index (χ3n) is 8.64. The predicted octanol–water partition coefficient (Wildman–Crippen LogP) is 6.47. The maximum absolute atomic E-state index is 14.3. The monoisotopic (exact) mass is 607 g/mol. The van der Waals surface area contributed by atoms with E-state index in [4.69, 9.17) is 19.7 Å². The fourth-order valence-corrected chi connectivity index (χ4v) is 6.80. The van der Waals surface area contributed by atoms with Crippen molar-refractivity contribution in [3.05, 3.63) is 83.3 Å². The van der Waals surface area contributed by atoms with Gasteiger partial charge in [0.1, 0.15) is 12.4 Å². The molecule has 1 saturated heterocycles. The second-order valence-corrected chi connectivity index (χ2v) is 12.9. The van der Waals surface area contributed by atoms with Crippen LogP contribution in [0.4, 0.5) is 11.8 Å². The van der Waals surface area contributed by atoms with Gasteiger partial charge in [-0.05, 0) is 80.3 Å². The van der Waals surface area contributed by atoms with Crippen molar-refractivity contribution in [2.24, 2.45) is 5.92 Å². The van der Waals surface area contributed by atoms with Gasteiger partial charge in [0.15, 0.2) is 0 Å². The van der Waals surface area contributed by atoms with E-state index in [1.807, 2.05) is 41.4 Å². The summed E-state index contributed by atoms with van der Waals surface area (Å²) in [4.78, 5) is 38.5. The van der Waals surface area contributed by atoms with Crippen molar-refractivity contribution >= 4 is 29.6 Å². The molecule has 4 heterocycles. The van der Waals surface area contributed by atoms with Crippen LogP contribution in [0.2, 0.25) is 0 Å². The summed E-state index contributed by atoms with van der Waals surface area (Å²) in [7, 11) is 0. The molecule has 0 spiro atoms. The van der Waals surface area contributed by atoms with Gasteiger partial charge in [0.25, 0.3) is 5.91 Å². The summed E-state index contributed by atoms with van der Waals surface area (Å²) in [5, 5.41) is 0. The molecular formula is C34H37N7O2S. The number of carbonyl (C=O) groups excluding carboxylic acids is 1. The van der Waals surface area contributed by atoms with Crippen molar-refractivity contribution in [3.8, 4) is 17.1 Å². The number of amides is 1. The Hall–Kier alpha value is -4.18. The lowest BCUT2D eigenvalue weighted by Gasteiger charge is -2.32. The Morgan fingerprint density at radius 3 is 2.57 bits per heavy atom. The number of benzene rings is 2. The molecule has 2 aromatic heterocycles. The first-order valence-electron chi connectivity index (χ1n) is 15.5. The number of nitrogens with zero attached hydrogens (tertiary/aromatic N) is 6. The van der Waals surface area contributed by atoms with Gasteiger partial charge >= 0.3 is 0 Å². The first-order chi connectivity index (χ1) is 21.5. The molecule has 1 atom stereocenters. The average molecular weight is 608 g/mol. The molecule has 4 bridgehead atoms. The SMILES string of the molecule is Cc1cccc(C)c1-c1cc2nc(n1)NSc1cccc(c1)C(=O)N(Cc1cncc(N3CCCC3)n1)[C@H](CC1CC1)CO2. The zero-order chi connectivity index (χ0) is 30.0. The van der Waals surface area contributed by atoms with Gasteiger partial charge in [-0.1, -0.05) is 37.1 Å². The first-order valence-corrected chi connectivity index (χ1v) is 16.3. The highest BCUT2D eigenvalue weighted by molar-refractivity contribution is 8.00. The third-order valence-corrected chi connectivity index (χ3v) is 9.42. The van der Waals surface area contributed by atoms with Gasteiger partial charge < -0.3 is 14.5 Å². The van der Waals surface area contributed by atoms with Gasteiger partial charge in [-0.15, -0.1) is 0 Å². The van der Waals surface area contributed by atoms with Gasteiger partial charge in [0, 0.05) is 35.2 Å². The maximum atomic E-state index is 14.3. The number of aryl methyl sites for hydroxylation is 2. The standard InChI is InChI=1S/C34H37N7O2S/c1-22-7-5-8-23(2)32(22)29-17-31-38-34(37-29)39-44-28-10-6-9-25(16-28)33(42)41(27(21-43-31)15-24-11-12-24)20-26-18-35-19-30(36-26)40-13-3-4-14-40/h5-10,16-19,24,27H,3-4,11-15,20-21H2,1-2H3,(H,37,38,39)/t27-/m1/s1. The Balaban J connectivity index is 1.27. The van der Waals surface area contributed by atoms with E-state index in [-0.39, 0.29) is 11.9 Å². The van der Waals surface area contributed by atoms with Crippen LogP contribution in [0, 0.1) is 19.8 Å². The minimum absolute atomic E-state index is 0.0386. The number of anilines is 2. The minimum Gasteiger partial charge on any atom is -0.475 e. The summed E-state index contributed by atoms with van der Waals surface area (Å²) >= 11 is 1.38. The Kier molecular flexibility index (Phi) is 8.08. The largest absolute Gasteiger partial charge is 0.475 e. The molecular weight excluding hydrogens is 570 g/mol. The van der Waals surface area contributed by atoms with Crippen molar-refractivity contribution in [2.45, 2.75) is 63.4 Å². The van der Waals surface area contributed by atoms with E-state index in [1.165, 1.54) is 24.8 Å². The number of nitrogens with one attached hydrogen (secondary N) is 1. The maximum Gasteiger partial charge on any atom is 0.254 e. The van der Waals surface area contributed by atoms with Crippen LogP contribution in [-0.2, 0) is 6.54 Å². The quantitative estimate of drug-likeness (QED) is 0.247. The van der Waals surface area contributed by atoms with Gasteiger partial charge in [0.05, 0.1) is 36.4 Å². The summed E-state index contributed by atoms with van der Waals surface area (Å²) in [5.74, 6) is 2.36. The fraction of sp³-hybridized carbons (Fsp3) is 0.382. The predicted molar refractivity (Wildman–Crippen MR) is 173 cm³/mol. The van der Waals surface area contributed by atoms with Crippen LogP contribution in [0.5, 0.6) is 5.88 Å². The van der Waals surface area contributed by atoms with Crippen LogP contribution in [0.15, 0.2) is 65.8 Å². The Labute approximate surface area is 262 Å². The normalized spacial score (nSPS) is 18.6. The molecule has 226 valence electrons. The average Bonchev–Trinajstić information content (AvgIpc) is 3.68. The highest BCUT2D eigenvalue weighted by Crippen LogP contribution is 2.36. The van der Waals surface area contributed by atoms with Crippen LogP contribution >= 0.6 is 11.9 Å². The molecule has 0 radical (unpaired) electrons. The second kappa shape index (κ2) is 12.4. The van der Waals surface area contributed by atoms with Crippen LogP contribution in [0.3, 0.4) is 0 Å². The molecule has 2 fully saturated rings. The van der Waals surface area contributed by atoms with Gasteiger partial charge in [0.2, 0.25) is 11.8 Å². The van der Waals surface area contributed by atoms with E-state index < -0.39 is 0 Å². The number of rotatable bonds is 6. The van der Waals surface area contributed by atoms with Crippen molar-refractivity contribution in [1.29, 1.82) is 0 Å². The van der Waals surface area contributed by atoms with E-state index in [9.17, 15) is 4.79 Å². The molecule has 2 aliphatic heterocycles. The summed E-state index contributed by atoms with van der Waals surface area (Å²) in [6.45, 7) is 6.84. The molecule has 44 heavy (non-hydrogen) atoms. The number of fused-ring (bicyclic) bond motifs is 4. The van der Waals surface area contributed by atoms with Crippen molar-refractivity contribution in [1.82, 2.24) is 24.8 Å². The molecule has 2 aromatic carbocycles. The van der Waals surface area contributed by atoms with Gasteiger partial charge in [-0.3, -0.25) is 14.5 Å². The molecule has 3 aliphatic rings. The van der Waals surface area contributed by atoms with E-state index in [2.05, 4.69) is 46.7 Å². The molecule has 10 heteroatoms.